The van der Waals surface area contributed by atoms with Gasteiger partial charge in [0.2, 0.25) is 0 Å². The first kappa shape index (κ1) is 10.8. The fourth-order valence-corrected chi connectivity index (χ4v) is 2.37. The third kappa shape index (κ3) is 1.49. The van der Waals surface area contributed by atoms with Crippen LogP contribution in [0.25, 0.3) is 10.1 Å². The lowest BCUT2D eigenvalue weighted by atomic mass is 10.1. The predicted molar refractivity (Wildman–Crippen MR) is 61.4 cm³/mol. The molecule has 0 saturated carbocycles. The van der Waals surface area contributed by atoms with Gasteiger partial charge in [0.25, 0.3) is 0 Å². The summed E-state index contributed by atoms with van der Waals surface area (Å²) in [6.07, 6.45) is 0. The van der Waals surface area contributed by atoms with Crippen LogP contribution in [0.4, 0.5) is 0 Å². The first-order valence-corrected chi connectivity index (χ1v) is 5.42. The van der Waals surface area contributed by atoms with Gasteiger partial charge < -0.3 is 14.6 Å². The highest BCUT2D eigenvalue weighted by Crippen LogP contribution is 2.40. The van der Waals surface area contributed by atoms with E-state index in [4.69, 9.17) is 4.74 Å². The maximum atomic E-state index is 11.5. The lowest BCUT2D eigenvalue weighted by Crippen LogP contribution is -2.04. The summed E-state index contributed by atoms with van der Waals surface area (Å²) in [5.41, 5.74) is 0.234. The number of phenols is 1. The van der Waals surface area contributed by atoms with Crippen LogP contribution in [0.5, 0.6) is 11.5 Å². The number of carbonyl (C=O) groups is 1. The van der Waals surface area contributed by atoms with E-state index in [0.29, 0.717) is 5.39 Å². The van der Waals surface area contributed by atoms with Crippen molar-refractivity contribution in [3.05, 3.63) is 23.1 Å². The van der Waals surface area contributed by atoms with E-state index in [2.05, 4.69) is 4.74 Å². The van der Waals surface area contributed by atoms with E-state index < -0.39 is 5.97 Å². The maximum absolute atomic E-state index is 11.5. The van der Waals surface area contributed by atoms with Gasteiger partial charge in [-0.1, -0.05) is 0 Å². The van der Waals surface area contributed by atoms with Gasteiger partial charge >= 0.3 is 5.97 Å². The smallest absolute Gasteiger partial charge is 0.341 e. The summed E-state index contributed by atoms with van der Waals surface area (Å²) < 4.78 is 10.5. The third-order valence-corrected chi connectivity index (χ3v) is 3.16. The van der Waals surface area contributed by atoms with Crippen molar-refractivity contribution < 1.29 is 19.4 Å². The van der Waals surface area contributed by atoms with Crippen LogP contribution < -0.4 is 4.74 Å². The molecule has 0 bridgehead atoms. The Morgan fingerprint density at radius 2 is 2.19 bits per heavy atom. The van der Waals surface area contributed by atoms with Crippen LogP contribution in [0, 0.1) is 0 Å². The second-order valence-corrected chi connectivity index (χ2v) is 4.08. The lowest BCUT2D eigenvalue weighted by molar-refractivity contribution is 0.0596. The van der Waals surface area contributed by atoms with Gasteiger partial charge in [-0.05, 0) is 17.5 Å². The number of methoxy groups -OCH3 is 2. The molecule has 0 aliphatic heterocycles. The monoisotopic (exact) mass is 238 g/mol. The molecular weight excluding hydrogens is 228 g/mol. The maximum Gasteiger partial charge on any atom is 0.341 e. The second kappa shape index (κ2) is 4.02. The summed E-state index contributed by atoms with van der Waals surface area (Å²) in [5, 5.41) is 12.5. The van der Waals surface area contributed by atoms with Crippen LogP contribution in [-0.2, 0) is 4.74 Å². The number of carbonyl (C=O) groups excluding carboxylic acids is 1. The Balaban J connectivity index is 2.76. The van der Waals surface area contributed by atoms with E-state index in [1.807, 2.05) is 5.38 Å². The number of esters is 1. The summed E-state index contributed by atoms with van der Waals surface area (Å²) in [6, 6.07) is 3.43. The average Bonchev–Trinajstić information content (AvgIpc) is 2.76. The van der Waals surface area contributed by atoms with Crippen molar-refractivity contribution in [1.82, 2.24) is 0 Å². The molecule has 0 radical (unpaired) electrons. The Bertz CT molecular complexity index is 544. The highest BCUT2D eigenvalue weighted by Gasteiger charge is 2.19. The first-order valence-electron chi connectivity index (χ1n) is 4.54. The van der Waals surface area contributed by atoms with Gasteiger partial charge in [0.15, 0.2) is 11.5 Å². The third-order valence-electron chi connectivity index (χ3n) is 2.29. The zero-order valence-electron chi connectivity index (χ0n) is 8.81. The number of fused-ring (bicyclic) bond motifs is 1. The molecule has 4 nitrogen and oxygen atoms in total. The van der Waals surface area contributed by atoms with Crippen LogP contribution in [0.3, 0.4) is 0 Å². The summed E-state index contributed by atoms with van der Waals surface area (Å²) in [6.45, 7) is 0. The Morgan fingerprint density at radius 3 is 2.81 bits per heavy atom. The number of rotatable bonds is 2. The van der Waals surface area contributed by atoms with Gasteiger partial charge in [-0.15, -0.1) is 11.3 Å². The van der Waals surface area contributed by atoms with Crippen LogP contribution >= 0.6 is 11.3 Å². The van der Waals surface area contributed by atoms with E-state index in [-0.39, 0.29) is 17.1 Å². The van der Waals surface area contributed by atoms with Gasteiger partial charge in [0.05, 0.1) is 14.2 Å². The summed E-state index contributed by atoms with van der Waals surface area (Å²) in [5.74, 6) is -0.401. The molecule has 1 aromatic heterocycles. The normalized spacial score (nSPS) is 10.4. The van der Waals surface area contributed by atoms with Crippen LogP contribution in [-0.4, -0.2) is 25.3 Å². The molecule has 0 atom stereocenters. The lowest BCUT2D eigenvalue weighted by Gasteiger charge is -2.09. The van der Waals surface area contributed by atoms with Crippen molar-refractivity contribution in [2.45, 2.75) is 0 Å². The molecule has 0 fully saturated rings. The molecule has 1 N–H and O–H groups in total. The summed E-state index contributed by atoms with van der Waals surface area (Å²) >= 11 is 1.44. The molecule has 5 heteroatoms. The van der Waals surface area contributed by atoms with Gasteiger partial charge in [-0.25, -0.2) is 4.79 Å². The highest BCUT2D eigenvalue weighted by molar-refractivity contribution is 7.17. The standard InChI is InChI=1S/C11H10O4S/c1-14-10-7(11(13)15-2)5-8-6(9(10)12)3-4-16-8/h3-5,12H,1-2H3. The van der Waals surface area contributed by atoms with Crippen molar-refractivity contribution in [3.8, 4) is 11.5 Å². The number of ether oxygens (including phenoxy) is 2. The minimum atomic E-state index is -0.526. The zero-order valence-corrected chi connectivity index (χ0v) is 9.63. The molecule has 1 heterocycles. The Morgan fingerprint density at radius 1 is 1.44 bits per heavy atom. The molecule has 2 rings (SSSR count). The van der Waals surface area contributed by atoms with E-state index in [1.165, 1.54) is 25.6 Å². The molecular formula is C11H10O4S. The van der Waals surface area contributed by atoms with E-state index in [9.17, 15) is 9.90 Å². The second-order valence-electron chi connectivity index (χ2n) is 3.13. The number of hydrogen-bond acceptors (Lipinski definition) is 5. The molecule has 0 unspecified atom stereocenters. The van der Waals surface area contributed by atoms with Crippen LogP contribution in [0.15, 0.2) is 17.5 Å². The molecule has 1 aromatic carbocycles. The number of hydrogen-bond donors (Lipinski definition) is 1. The molecule has 0 amide bonds. The van der Waals surface area contributed by atoms with Crippen LogP contribution in [0.2, 0.25) is 0 Å². The minimum absolute atomic E-state index is 0.0262. The SMILES string of the molecule is COC(=O)c1cc2sccc2c(O)c1OC. The molecule has 84 valence electrons. The van der Waals surface area contributed by atoms with Gasteiger partial charge in [0, 0.05) is 10.1 Å². The number of aromatic hydroxyl groups is 1. The summed E-state index contributed by atoms with van der Waals surface area (Å²) in [4.78, 5) is 11.5. The van der Waals surface area contributed by atoms with Crippen molar-refractivity contribution in [2.75, 3.05) is 14.2 Å². The first-order chi connectivity index (χ1) is 7.69. The van der Waals surface area contributed by atoms with E-state index in [1.54, 1.807) is 12.1 Å². The fraction of sp³-hybridized carbons (Fsp3) is 0.182. The van der Waals surface area contributed by atoms with Crippen LogP contribution in [0.1, 0.15) is 10.4 Å². The van der Waals surface area contributed by atoms with Crippen molar-refractivity contribution in [3.63, 3.8) is 0 Å². The average molecular weight is 238 g/mol. The molecule has 0 aliphatic rings. The Kier molecular flexibility index (Phi) is 2.70. The molecule has 16 heavy (non-hydrogen) atoms. The largest absolute Gasteiger partial charge is 0.504 e. The van der Waals surface area contributed by atoms with E-state index >= 15 is 0 Å². The van der Waals surface area contributed by atoms with E-state index in [0.717, 1.165) is 4.70 Å². The highest BCUT2D eigenvalue weighted by atomic mass is 32.1. The van der Waals surface area contributed by atoms with Gasteiger partial charge in [-0.3, -0.25) is 0 Å². The van der Waals surface area contributed by atoms with Crippen molar-refractivity contribution in [1.29, 1.82) is 0 Å². The molecule has 0 spiro atoms. The Labute approximate surface area is 96.0 Å². The molecule has 2 aromatic rings. The zero-order chi connectivity index (χ0) is 11.7. The van der Waals surface area contributed by atoms with Crippen molar-refractivity contribution in [2.24, 2.45) is 0 Å². The van der Waals surface area contributed by atoms with Crippen molar-refractivity contribution >= 4 is 27.4 Å². The number of phenolic OH excluding ortho intramolecular Hbond substituents is 1. The predicted octanol–water partition coefficient (Wildman–Crippen LogP) is 2.40. The quantitative estimate of drug-likeness (QED) is 0.816. The summed E-state index contributed by atoms with van der Waals surface area (Å²) in [7, 11) is 2.69. The molecule has 0 aliphatic carbocycles. The van der Waals surface area contributed by atoms with Gasteiger partial charge in [0.1, 0.15) is 5.56 Å². The number of thiophene rings is 1. The Hall–Kier alpha value is -1.75. The minimum Gasteiger partial charge on any atom is -0.504 e. The topological polar surface area (TPSA) is 55.8 Å². The molecule has 0 saturated heterocycles. The fourth-order valence-electron chi connectivity index (χ4n) is 1.54. The van der Waals surface area contributed by atoms with Gasteiger partial charge in [-0.2, -0.15) is 0 Å². The number of benzene rings is 1.